The molecule has 1 heterocycles. The summed E-state index contributed by atoms with van der Waals surface area (Å²) in [6.45, 7) is 2.43. The molecule has 0 radical (unpaired) electrons. The lowest BCUT2D eigenvalue weighted by Crippen LogP contribution is -2.07. The van der Waals surface area contributed by atoms with E-state index in [-0.39, 0.29) is 12.0 Å². The van der Waals surface area contributed by atoms with E-state index in [2.05, 4.69) is 24.3 Å². The lowest BCUT2D eigenvalue weighted by molar-refractivity contribution is 0.233. The van der Waals surface area contributed by atoms with Crippen molar-refractivity contribution >= 4 is 21.7 Å². The zero-order valence-electron chi connectivity index (χ0n) is 16.2. The van der Waals surface area contributed by atoms with Gasteiger partial charge in [-0.05, 0) is 29.3 Å². The number of hydrogen-bond acceptors (Lipinski definition) is 5. The number of benzene rings is 3. The molecule has 0 aliphatic rings. The molecule has 4 aromatic rings. The van der Waals surface area contributed by atoms with Gasteiger partial charge in [0.2, 0.25) is 0 Å². The van der Waals surface area contributed by atoms with Gasteiger partial charge in [0.25, 0.3) is 0 Å². The zero-order chi connectivity index (χ0) is 20.2. The number of rotatable bonds is 7. The fourth-order valence-electron chi connectivity index (χ4n) is 3.29. The molecule has 3 aromatic carbocycles. The minimum atomic E-state index is -0.163. The van der Waals surface area contributed by atoms with E-state index in [1.165, 1.54) is 11.5 Å². The van der Waals surface area contributed by atoms with Crippen LogP contribution in [0.5, 0.6) is 11.5 Å². The molecule has 0 saturated heterocycles. The summed E-state index contributed by atoms with van der Waals surface area (Å²) in [4.78, 5) is 12.4. The number of ether oxygens (including phenoxy) is 2. The first kappa shape index (κ1) is 19.0. The van der Waals surface area contributed by atoms with Crippen LogP contribution in [-0.4, -0.2) is 18.3 Å². The molecule has 0 atom stereocenters. The van der Waals surface area contributed by atoms with Gasteiger partial charge in [0.15, 0.2) is 5.43 Å². The molecule has 0 fully saturated rings. The highest BCUT2D eigenvalue weighted by atomic mass is 16.5. The Kier molecular flexibility index (Phi) is 5.49. The molecule has 29 heavy (non-hydrogen) atoms. The third-order valence-electron chi connectivity index (χ3n) is 4.67. The van der Waals surface area contributed by atoms with Crippen molar-refractivity contribution in [2.75, 3.05) is 13.2 Å². The normalized spacial score (nSPS) is 11.1. The molecule has 0 amide bonds. The van der Waals surface area contributed by atoms with Gasteiger partial charge < -0.3 is 19.0 Å². The average molecular weight is 390 g/mol. The highest BCUT2D eigenvalue weighted by Gasteiger charge is 2.13. The number of aliphatic hydroxyl groups is 1. The van der Waals surface area contributed by atoms with Crippen LogP contribution >= 0.6 is 0 Å². The Morgan fingerprint density at radius 1 is 0.966 bits per heavy atom. The minimum absolute atomic E-state index is 0.0177. The van der Waals surface area contributed by atoms with E-state index in [0.717, 1.165) is 10.9 Å². The maximum atomic E-state index is 12.4. The van der Waals surface area contributed by atoms with Gasteiger partial charge in [-0.15, -0.1) is 0 Å². The maximum absolute atomic E-state index is 12.4. The summed E-state index contributed by atoms with van der Waals surface area (Å²) in [5, 5.41) is 11.7. The molecule has 4 rings (SSSR count). The number of hydrogen-bond donors (Lipinski definition) is 1. The van der Waals surface area contributed by atoms with Crippen LogP contribution in [0.2, 0.25) is 0 Å². The highest BCUT2D eigenvalue weighted by Crippen LogP contribution is 2.30. The third kappa shape index (κ3) is 4.25. The van der Waals surface area contributed by atoms with E-state index in [1.807, 2.05) is 18.2 Å². The Bertz CT molecular complexity index is 1210. The van der Waals surface area contributed by atoms with Gasteiger partial charge >= 0.3 is 0 Å². The van der Waals surface area contributed by atoms with Crippen molar-refractivity contribution in [3.8, 4) is 11.5 Å². The van der Waals surface area contributed by atoms with Crippen molar-refractivity contribution in [3.05, 3.63) is 82.2 Å². The van der Waals surface area contributed by atoms with Crippen LogP contribution < -0.4 is 14.9 Å². The molecular formula is C24H22O5. The largest absolute Gasteiger partial charge is 0.492 e. The molecular weight excluding hydrogens is 368 g/mol. The number of fused-ring (bicyclic) bond motifs is 2. The molecule has 0 aliphatic heterocycles. The number of aryl methyl sites for hydroxylation is 1. The predicted molar refractivity (Wildman–Crippen MR) is 113 cm³/mol. The molecule has 0 bridgehead atoms. The van der Waals surface area contributed by atoms with Gasteiger partial charge in [-0.3, -0.25) is 4.79 Å². The van der Waals surface area contributed by atoms with Crippen molar-refractivity contribution in [3.63, 3.8) is 0 Å². The van der Waals surface area contributed by atoms with Crippen LogP contribution in [0.15, 0.2) is 69.9 Å². The van der Waals surface area contributed by atoms with Gasteiger partial charge in [-0.25, -0.2) is 0 Å². The third-order valence-corrected chi connectivity index (χ3v) is 4.67. The first-order valence-corrected chi connectivity index (χ1v) is 9.57. The molecule has 148 valence electrons. The smallest absolute Gasteiger partial charge is 0.196 e. The summed E-state index contributed by atoms with van der Waals surface area (Å²) in [6.07, 6.45) is 0.473. The highest BCUT2D eigenvalue weighted by molar-refractivity contribution is 5.85. The molecule has 1 N–H and O–H groups in total. The van der Waals surface area contributed by atoms with Crippen molar-refractivity contribution in [1.29, 1.82) is 0 Å². The van der Waals surface area contributed by atoms with Crippen LogP contribution in [-0.2, 0) is 6.61 Å². The predicted octanol–water partition coefficient (Wildman–Crippen LogP) is 4.59. The quantitative estimate of drug-likeness (QED) is 0.467. The first-order valence-electron chi connectivity index (χ1n) is 9.57. The van der Waals surface area contributed by atoms with Crippen LogP contribution in [0.1, 0.15) is 17.7 Å². The Morgan fingerprint density at radius 2 is 1.79 bits per heavy atom. The van der Waals surface area contributed by atoms with Gasteiger partial charge in [-0.1, -0.05) is 36.4 Å². The summed E-state index contributed by atoms with van der Waals surface area (Å²) in [7, 11) is 0. The second kappa shape index (κ2) is 8.37. The lowest BCUT2D eigenvalue weighted by atomic mass is 10.1. The monoisotopic (exact) mass is 390 g/mol. The maximum Gasteiger partial charge on any atom is 0.196 e. The van der Waals surface area contributed by atoms with Crippen molar-refractivity contribution < 1.29 is 19.0 Å². The number of aliphatic hydroxyl groups excluding tert-OH is 1. The molecule has 0 saturated carbocycles. The minimum Gasteiger partial charge on any atom is -0.492 e. The molecule has 0 spiro atoms. The van der Waals surface area contributed by atoms with E-state index in [1.54, 1.807) is 19.1 Å². The summed E-state index contributed by atoms with van der Waals surface area (Å²) < 4.78 is 17.4. The summed E-state index contributed by atoms with van der Waals surface area (Å²) in [6, 6.07) is 19.2. The van der Waals surface area contributed by atoms with Crippen molar-refractivity contribution in [1.82, 2.24) is 0 Å². The Balaban J connectivity index is 1.64. The van der Waals surface area contributed by atoms with Crippen molar-refractivity contribution in [2.45, 2.75) is 20.0 Å². The fourth-order valence-corrected chi connectivity index (χ4v) is 3.29. The Labute approximate surface area is 168 Å². The Hall–Kier alpha value is -3.31. The van der Waals surface area contributed by atoms with Crippen LogP contribution in [0.3, 0.4) is 0 Å². The van der Waals surface area contributed by atoms with Gasteiger partial charge in [0.05, 0.1) is 6.61 Å². The summed E-state index contributed by atoms with van der Waals surface area (Å²) in [5.41, 5.74) is 1.30. The van der Waals surface area contributed by atoms with E-state index < -0.39 is 0 Å². The van der Waals surface area contributed by atoms with Crippen LogP contribution in [0.25, 0.3) is 21.7 Å². The van der Waals surface area contributed by atoms with E-state index in [4.69, 9.17) is 19.0 Å². The topological polar surface area (TPSA) is 68.9 Å². The molecule has 5 nitrogen and oxygen atoms in total. The molecule has 0 unspecified atom stereocenters. The van der Waals surface area contributed by atoms with E-state index in [0.29, 0.717) is 47.9 Å². The second-order valence-corrected chi connectivity index (χ2v) is 6.91. The SMILES string of the molecule is Cc1cc(=O)c2c(OCCCO)cc(OCc3ccc4ccccc4c3)cc2o1. The van der Waals surface area contributed by atoms with Crippen molar-refractivity contribution in [2.24, 2.45) is 0 Å². The first-order chi connectivity index (χ1) is 14.1. The Morgan fingerprint density at radius 3 is 2.62 bits per heavy atom. The van der Waals surface area contributed by atoms with Gasteiger partial charge in [-0.2, -0.15) is 0 Å². The van der Waals surface area contributed by atoms with E-state index in [9.17, 15) is 4.79 Å². The second-order valence-electron chi connectivity index (χ2n) is 6.91. The fraction of sp³-hybridized carbons (Fsp3) is 0.208. The lowest BCUT2D eigenvalue weighted by Gasteiger charge is -2.12. The van der Waals surface area contributed by atoms with Gasteiger partial charge in [0, 0.05) is 31.2 Å². The van der Waals surface area contributed by atoms with Gasteiger partial charge in [0.1, 0.15) is 34.8 Å². The van der Waals surface area contributed by atoms with E-state index >= 15 is 0 Å². The standard InChI is InChI=1S/C24H22O5/c1-16-11-21(26)24-22(27-10-4-9-25)13-20(14-23(24)29-16)28-15-17-7-8-18-5-2-3-6-19(18)12-17/h2-3,5-8,11-14,25H,4,9-10,15H2,1H3. The van der Waals surface area contributed by atoms with Crippen LogP contribution in [0.4, 0.5) is 0 Å². The zero-order valence-corrected chi connectivity index (χ0v) is 16.2. The van der Waals surface area contributed by atoms with Crippen LogP contribution in [0, 0.1) is 6.92 Å². The average Bonchev–Trinajstić information content (AvgIpc) is 2.71. The molecule has 1 aromatic heterocycles. The molecule has 5 heteroatoms. The molecule has 0 aliphatic carbocycles. The summed E-state index contributed by atoms with van der Waals surface area (Å²) >= 11 is 0. The summed E-state index contributed by atoms with van der Waals surface area (Å²) in [5.74, 6) is 1.48.